The fourth-order valence-corrected chi connectivity index (χ4v) is 6.79. The molecule has 0 atom stereocenters. The van der Waals surface area contributed by atoms with Crippen LogP contribution in [-0.4, -0.2) is 69.1 Å². The monoisotopic (exact) mass is 667 g/mol. The predicted octanol–water partition coefficient (Wildman–Crippen LogP) is 4.67. The molecular formula is C34H37N9O4S. The molecule has 1 aromatic carbocycles. The fraction of sp³-hybridized carbons (Fsp3) is 0.382. The fourth-order valence-electron chi connectivity index (χ4n) is 5.83. The van der Waals surface area contributed by atoms with Crippen LogP contribution in [0.3, 0.4) is 0 Å². The maximum absolute atomic E-state index is 12.7. The van der Waals surface area contributed by atoms with Gasteiger partial charge in [0.05, 0.1) is 31.5 Å². The lowest BCUT2D eigenvalue weighted by Gasteiger charge is -2.22. The first-order valence-electron chi connectivity index (χ1n) is 16.2. The first-order chi connectivity index (χ1) is 23.5. The molecule has 3 N–H and O–H groups in total. The summed E-state index contributed by atoms with van der Waals surface area (Å²) < 4.78 is 13.3. The van der Waals surface area contributed by atoms with Crippen LogP contribution in [0.1, 0.15) is 52.3 Å². The highest BCUT2D eigenvalue weighted by molar-refractivity contribution is 7.17. The number of ether oxygens (including phenoxy) is 2. The molecule has 13 nitrogen and oxygen atoms in total. The lowest BCUT2D eigenvalue weighted by molar-refractivity contribution is -0.117. The number of hydrogen-bond donors (Lipinski definition) is 3. The molecule has 0 saturated heterocycles. The van der Waals surface area contributed by atoms with Gasteiger partial charge in [-0.3, -0.25) is 19.3 Å². The minimum absolute atomic E-state index is 0.0241. The molecular weight excluding hydrogens is 630 g/mol. The Morgan fingerprint density at radius 3 is 2.81 bits per heavy atom. The smallest absolute Gasteiger partial charge is 0.266 e. The number of nitrogens with one attached hydrogen (secondary N) is 3. The molecule has 0 spiro atoms. The van der Waals surface area contributed by atoms with E-state index < -0.39 is 0 Å². The molecule has 248 valence electrons. The Bertz CT molecular complexity index is 1970. The number of aromatic nitrogens is 6. The Morgan fingerprint density at radius 2 is 1.98 bits per heavy atom. The summed E-state index contributed by atoms with van der Waals surface area (Å²) in [6.45, 7) is 1.56. The SMILES string of the molecule is CNC(=O)c1sc(-c2ccnc(NC(=O)C3CC3)c2)nc1OCCc1cn(CCNc2c3c(nc4ccc(OC)cc24)CCCC3)nn1. The normalized spacial score (nSPS) is 14.0. The first-order valence-corrected chi connectivity index (χ1v) is 17.1. The summed E-state index contributed by atoms with van der Waals surface area (Å²) in [4.78, 5) is 39.1. The van der Waals surface area contributed by atoms with Crippen molar-refractivity contribution >= 4 is 45.6 Å². The van der Waals surface area contributed by atoms with E-state index in [1.54, 1.807) is 32.5 Å². The van der Waals surface area contributed by atoms with Gasteiger partial charge in [-0.2, -0.15) is 0 Å². The molecule has 2 aliphatic carbocycles. The molecule has 1 fully saturated rings. The number of carbonyl (C=O) groups excluding carboxylic acids is 2. The summed E-state index contributed by atoms with van der Waals surface area (Å²) in [7, 11) is 3.25. The van der Waals surface area contributed by atoms with Crippen molar-refractivity contribution in [3.8, 4) is 22.2 Å². The van der Waals surface area contributed by atoms with Crippen LogP contribution in [0.5, 0.6) is 11.6 Å². The maximum atomic E-state index is 12.7. The number of methoxy groups -OCH3 is 1. The second kappa shape index (κ2) is 13.9. The number of anilines is 2. The van der Waals surface area contributed by atoms with Crippen molar-refractivity contribution in [1.29, 1.82) is 0 Å². The molecule has 4 heterocycles. The second-order valence-corrected chi connectivity index (χ2v) is 12.9. The van der Waals surface area contributed by atoms with E-state index in [9.17, 15) is 9.59 Å². The minimum Gasteiger partial charge on any atom is -0.497 e. The van der Waals surface area contributed by atoms with Gasteiger partial charge in [-0.15, -0.1) is 16.4 Å². The molecule has 4 aromatic heterocycles. The third-order valence-corrected chi connectivity index (χ3v) is 9.61. The number of pyridine rings is 2. The van der Waals surface area contributed by atoms with Crippen molar-refractivity contribution in [1.82, 2.24) is 35.3 Å². The Kier molecular flexibility index (Phi) is 9.14. The average molecular weight is 668 g/mol. The molecule has 2 aliphatic rings. The molecule has 7 rings (SSSR count). The van der Waals surface area contributed by atoms with Gasteiger partial charge >= 0.3 is 0 Å². The van der Waals surface area contributed by atoms with Gasteiger partial charge in [0.2, 0.25) is 11.8 Å². The van der Waals surface area contributed by atoms with E-state index in [1.807, 2.05) is 23.0 Å². The zero-order valence-corrected chi connectivity index (χ0v) is 27.7. The van der Waals surface area contributed by atoms with Crippen molar-refractivity contribution in [2.75, 3.05) is 37.9 Å². The molecule has 48 heavy (non-hydrogen) atoms. The summed E-state index contributed by atoms with van der Waals surface area (Å²) >= 11 is 1.22. The van der Waals surface area contributed by atoms with E-state index in [4.69, 9.17) is 14.5 Å². The number of benzene rings is 1. The van der Waals surface area contributed by atoms with E-state index in [-0.39, 0.29) is 30.2 Å². The number of carbonyl (C=O) groups is 2. The topological polar surface area (TPSA) is 158 Å². The van der Waals surface area contributed by atoms with Crippen LogP contribution in [0, 0.1) is 5.92 Å². The van der Waals surface area contributed by atoms with Crippen LogP contribution in [0.4, 0.5) is 11.5 Å². The van der Waals surface area contributed by atoms with E-state index in [1.165, 1.54) is 22.6 Å². The van der Waals surface area contributed by atoms with E-state index in [0.717, 1.165) is 72.1 Å². The first kappa shape index (κ1) is 31.5. The highest BCUT2D eigenvalue weighted by Crippen LogP contribution is 2.36. The van der Waals surface area contributed by atoms with Gasteiger partial charge < -0.3 is 25.4 Å². The summed E-state index contributed by atoms with van der Waals surface area (Å²) in [5.41, 5.74) is 6.08. The number of amides is 2. The highest BCUT2D eigenvalue weighted by atomic mass is 32.1. The largest absolute Gasteiger partial charge is 0.497 e. The van der Waals surface area contributed by atoms with E-state index in [0.29, 0.717) is 35.2 Å². The molecule has 1 saturated carbocycles. The van der Waals surface area contributed by atoms with Gasteiger partial charge in [0.1, 0.15) is 16.6 Å². The van der Waals surface area contributed by atoms with Gasteiger partial charge in [-0.05, 0) is 74.4 Å². The Balaban J connectivity index is 0.980. The lowest BCUT2D eigenvalue weighted by atomic mass is 9.92. The van der Waals surface area contributed by atoms with Gasteiger partial charge in [0.25, 0.3) is 5.91 Å². The molecule has 0 bridgehead atoms. The van der Waals surface area contributed by atoms with Gasteiger partial charge in [0.15, 0.2) is 4.88 Å². The van der Waals surface area contributed by atoms with Crippen LogP contribution in [-0.2, 0) is 30.6 Å². The lowest BCUT2D eigenvalue weighted by Crippen LogP contribution is -2.17. The van der Waals surface area contributed by atoms with E-state index >= 15 is 0 Å². The van der Waals surface area contributed by atoms with Crippen LogP contribution in [0.15, 0.2) is 42.7 Å². The molecule has 14 heteroatoms. The molecule has 0 unspecified atom stereocenters. The van der Waals surface area contributed by atoms with Crippen LogP contribution in [0.2, 0.25) is 0 Å². The molecule has 5 aromatic rings. The molecule has 0 radical (unpaired) electrons. The van der Waals surface area contributed by atoms with Gasteiger partial charge in [-0.1, -0.05) is 5.21 Å². The predicted molar refractivity (Wildman–Crippen MR) is 183 cm³/mol. The summed E-state index contributed by atoms with van der Waals surface area (Å²) in [5.74, 6) is 1.26. The number of rotatable bonds is 13. The van der Waals surface area contributed by atoms with Crippen molar-refractivity contribution in [2.45, 2.75) is 51.5 Å². The van der Waals surface area contributed by atoms with Crippen molar-refractivity contribution < 1.29 is 19.1 Å². The third-order valence-electron chi connectivity index (χ3n) is 8.53. The Labute approximate surface area is 281 Å². The second-order valence-electron chi connectivity index (χ2n) is 11.9. The maximum Gasteiger partial charge on any atom is 0.266 e. The van der Waals surface area contributed by atoms with E-state index in [2.05, 4.69) is 42.3 Å². The Morgan fingerprint density at radius 1 is 1.10 bits per heavy atom. The Hall–Kier alpha value is -5.11. The van der Waals surface area contributed by atoms with Crippen LogP contribution in [0.25, 0.3) is 21.5 Å². The third kappa shape index (κ3) is 6.93. The zero-order valence-electron chi connectivity index (χ0n) is 26.9. The van der Waals surface area contributed by atoms with Crippen LogP contribution < -0.4 is 25.4 Å². The number of fused-ring (bicyclic) bond motifs is 2. The summed E-state index contributed by atoms with van der Waals surface area (Å²) in [5, 5.41) is 19.5. The number of nitrogens with zero attached hydrogens (tertiary/aromatic N) is 6. The molecule has 2 amide bonds. The standard InChI is InChI=1S/C34H37N9O4S/c1-35-32(45)30-33(40-34(48-30)21-11-13-36-28(17-21)39-31(44)20-7-8-20)47-16-12-22-19-43(42-41-22)15-14-37-29-24-5-3-4-6-26(24)38-27-10-9-23(46-2)18-25(27)29/h9-11,13,17-20H,3-8,12,14-16H2,1-2H3,(H,35,45)(H,37,38)(H,36,39,44). The van der Waals surface area contributed by atoms with Crippen molar-refractivity contribution in [3.05, 3.63) is 64.6 Å². The number of thiazole rings is 1. The highest BCUT2D eigenvalue weighted by Gasteiger charge is 2.30. The van der Waals surface area contributed by atoms with Crippen molar-refractivity contribution in [3.63, 3.8) is 0 Å². The van der Waals surface area contributed by atoms with Gasteiger partial charge in [0, 0.05) is 60.7 Å². The summed E-state index contributed by atoms with van der Waals surface area (Å²) in [6, 6.07) is 9.58. The van der Waals surface area contributed by atoms with Gasteiger partial charge in [-0.25, -0.2) is 9.97 Å². The zero-order chi connectivity index (χ0) is 33.0. The average Bonchev–Trinajstić information content (AvgIpc) is 3.74. The van der Waals surface area contributed by atoms with Crippen molar-refractivity contribution in [2.24, 2.45) is 5.92 Å². The molecule has 0 aliphatic heterocycles. The quantitative estimate of drug-likeness (QED) is 0.161. The number of aryl methyl sites for hydroxylation is 1. The summed E-state index contributed by atoms with van der Waals surface area (Å²) in [6.07, 6.45) is 10.2. The number of hydrogen-bond acceptors (Lipinski definition) is 11. The van der Waals surface area contributed by atoms with Crippen LogP contribution >= 0.6 is 11.3 Å². The minimum atomic E-state index is -0.287.